The Morgan fingerprint density at radius 3 is 1.89 bits per heavy atom. The van der Waals surface area contributed by atoms with Crippen LogP contribution in [0.25, 0.3) is 0 Å². The van der Waals surface area contributed by atoms with Gasteiger partial charge in [0.2, 0.25) is 0 Å². The van der Waals surface area contributed by atoms with Crippen LogP contribution in [0.2, 0.25) is 0 Å². The van der Waals surface area contributed by atoms with Gasteiger partial charge in [-0.15, -0.1) is 0 Å². The molecule has 1 aliphatic rings. The maximum Gasteiger partial charge on any atom is 0.0334 e. The lowest BCUT2D eigenvalue weighted by atomic mass is 9.66. The van der Waals surface area contributed by atoms with Crippen molar-refractivity contribution in [2.75, 3.05) is 13.6 Å². The van der Waals surface area contributed by atoms with Gasteiger partial charge in [-0.2, -0.15) is 0 Å². The second-order valence-electron chi connectivity index (χ2n) is 8.29. The molecule has 0 saturated heterocycles. The maximum atomic E-state index is 6.20. The Labute approximate surface area is 121 Å². The van der Waals surface area contributed by atoms with Crippen LogP contribution in [-0.2, 0) is 0 Å². The standard InChI is InChI=1S/C17H36N2/c1-8-16(5,6)19(7)17(13-18)11-9-14(10-12-17)15(2,3)4/h14H,8-13,18H2,1-7H3. The summed E-state index contributed by atoms with van der Waals surface area (Å²) in [6.07, 6.45) is 6.33. The first kappa shape index (κ1) is 17.0. The van der Waals surface area contributed by atoms with Gasteiger partial charge in [-0.1, -0.05) is 27.7 Å². The summed E-state index contributed by atoms with van der Waals surface area (Å²) in [5.74, 6) is 0.852. The first-order valence-corrected chi connectivity index (χ1v) is 8.03. The first-order chi connectivity index (χ1) is 8.59. The van der Waals surface area contributed by atoms with Crippen LogP contribution in [0.3, 0.4) is 0 Å². The van der Waals surface area contributed by atoms with Crippen molar-refractivity contribution in [3.63, 3.8) is 0 Å². The predicted octanol–water partition coefficient (Wildman–Crippen LogP) is 4.04. The van der Waals surface area contributed by atoms with Crippen molar-refractivity contribution < 1.29 is 0 Å². The molecule has 0 heterocycles. The van der Waals surface area contributed by atoms with Crippen LogP contribution in [0, 0.1) is 11.3 Å². The van der Waals surface area contributed by atoms with E-state index in [0.29, 0.717) is 5.41 Å². The fourth-order valence-corrected chi connectivity index (χ4v) is 3.58. The molecule has 114 valence electrons. The van der Waals surface area contributed by atoms with Crippen LogP contribution >= 0.6 is 0 Å². The summed E-state index contributed by atoms with van der Waals surface area (Å²) in [6, 6.07) is 0. The fourth-order valence-electron chi connectivity index (χ4n) is 3.58. The minimum absolute atomic E-state index is 0.223. The average Bonchev–Trinajstić information content (AvgIpc) is 2.36. The smallest absolute Gasteiger partial charge is 0.0334 e. The predicted molar refractivity (Wildman–Crippen MR) is 85.3 cm³/mol. The lowest BCUT2D eigenvalue weighted by Gasteiger charge is -2.53. The second kappa shape index (κ2) is 5.73. The van der Waals surface area contributed by atoms with Crippen LogP contribution in [-0.4, -0.2) is 29.6 Å². The summed E-state index contributed by atoms with van der Waals surface area (Å²) >= 11 is 0. The Balaban J connectivity index is 2.81. The maximum absolute atomic E-state index is 6.20. The van der Waals surface area contributed by atoms with Gasteiger partial charge in [-0.25, -0.2) is 0 Å². The first-order valence-electron chi connectivity index (χ1n) is 8.03. The summed E-state index contributed by atoms with van der Waals surface area (Å²) < 4.78 is 0. The molecule has 2 nitrogen and oxygen atoms in total. The van der Waals surface area contributed by atoms with Gasteiger partial charge >= 0.3 is 0 Å². The Hall–Kier alpha value is -0.0800. The van der Waals surface area contributed by atoms with E-state index in [0.717, 1.165) is 12.5 Å². The van der Waals surface area contributed by atoms with Crippen molar-refractivity contribution in [2.45, 2.75) is 84.7 Å². The normalized spacial score (nSPS) is 29.8. The lowest BCUT2D eigenvalue weighted by molar-refractivity contribution is -0.0222. The quantitative estimate of drug-likeness (QED) is 0.834. The molecule has 0 spiro atoms. The molecule has 1 aliphatic carbocycles. The van der Waals surface area contributed by atoms with Crippen LogP contribution in [0.15, 0.2) is 0 Å². The largest absolute Gasteiger partial charge is 0.329 e. The van der Waals surface area contributed by atoms with Crippen LogP contribution < -0.4 is 5.73 Å². The van der Waals surface area contributed by atoms with Gasteiger partial charge in [-0.3, -0.25) is 4.90 Å². The lowest BCUT2D eigenvalue weighted by Crippen LogP contribution is -2.61. The highest BCUT2D eigenvalue weighted by Gasteiger charge is 2.44. The summed E-state index contributed by atoms with van der Waals surface area (Å²) in [4.78, 5) is 2.58. The fraction of sp³-hybridized carbons (Fsp3) is 1.00. The molecule has 0 amide bonds. The molecule has 0 bridgehead atoms. The third-order valence-electron chi connectivity index (χ3n) is 6.01. The zero-order chi connectivity index (χ0) is 14.9. The van der Waals surface area contributed by atoms with E-state index >= 15 is 0 Å². The molecule has 1 saturated carbocycles. The molecule has 0 aromatic carbocycles. The minimum atomic E-state index is 0.223. The van der Waals surface area contributed by atoms with Crippen molar-refractivity contribution in [3.05, 3.63) is 0 Å². The third kappa shape index (κ3) is 3.52. The van der Waals surface area contributed by atoms with Crippen molar-refractivity contribution in [3.8, 4) is 0 Å². The Morgan fingerprint density at radius 1 is 1.11 bits per heavy atom. The molecule has 2 heteroatoms. The van der Waals surface area contributed by atoms with E-state index < -0.39 is 0 Å². The number of nitrogens with two attached hydrogens (primary N) is 1. The number of nitrogens with zero attached hydrogens (tertiary/aromatic N) is 1. The van der Waals surface area contributed by atoms with E-state index in [1.807, 2.05) is 0 Å². The van der Waals surface area contributed by atoms with E-state index in [9.17, 15) is 0 Å². The van der Waals surface area contributed by atoms with Crippen LogP contribution in [0.4, 0.5) is 0 Å². The van der Waals surface area contributed by atoms with E-state index in [-0.39, 0.29) is 11.1 Å². The van der Waals surface area contributed by atoms with Crippen LogP contribution in [0.1, 0.15) is 73.6 Å². The van der Waals surface area contributed by atoms with Gasteiger partial charge < -0.3 is 5.73 Å². The SMILES string of the molecule is CCC(C)(C)N(C)C1(CN)CCC(C(C)(C)C)CC1. The monoisotopic (exact) mass is 268 g/mol. The molecule has 0 unspecified atom stereocenters. The highest BCUT2D eigenvalue weighted by molar-refractivity contribution is 5.00. The molecule has 1 rings (SSSR count). The van der Waals surface area contributed by atoms with Crippen LogP contribution in [0.5, 0.6) is 0 Å². The van der Waals surface area contributed by atoms with E-state index in [4.69, 9.17) is 5.73 Å². The van der Waals surface area contributed by atoms with Gasteiger partial charge in [-0.05, 0) is 64.3 Å². The van der Waals surface area contributed by atoms with Gasteiger partial charge in [0.1, 0.15) is 0 Å². The molecule has 0 aliphatic heterocycles. The molecule has 2 N–H and O–H groups in total. The molecular formula is C17H36N2. The summed E-state index contributed by atoms with van der Waals surface area (Å²) in [5, 5.41) is 0. The number of hydrogen-bond donors (Lipinski definition) is 1. The van der Waals surface area contributed by atoms with Crippen molar-refractivity contribution >= 4 is 0 Å². The average molecular weight is 268 g/mol. The zero-order valence-electron chi connectivity index (χ0n) is 14.3. The Morgan fingerprint density at radius 2 is 1.58 bits per heavy atom. The summed E-state index contributed by atoms with van der Waals surface area (Å²) in [6.45, 7) is 14.9. The Kier molecular flexibility index (Phi) is 5.12. The van der Waals surface area contributed by atoms with E-state index in [1.54, 1.807) is 0 Å². The molecule has 0 aromatic heterocycles. The molecule has 0 radical (unpaired) electrons. The minimum Gasteiger partial charge on any atom is -0.329 e. The van der Waals surface area contributed by atoms with Gasteiger partial charge in [0.25, 0.3) is 0 Å². The summed E-state index contributed by atoms with van der Waals surface area (Å²) in [5.41, 5.74) is 7.11. The van der Waals surface area contributed by atoms with Gasteiger partial charge in [0.05, 0.1) is 0 Å². The molecule has 1 fully saturated rings. The summed E-state index contributed by atoms with van der Waals surface area (Å²) in [7, 11) is 2.29. The van der Waals surface area contributed by atoms with Gasteiger partial charge in [0.15, 0.2) is 0 Å². The second-order valence-corrected chi connectivity index (χ2v) is 8.29. The highest BCUT2D eigenvalue weighted by atomic mass is 15.2. The van der Waals surface area contributed by atoms with E-state index in [2.05, 4.69) is 53.5 Å². The number of likely N-dealkylation sites (N-methyl/N-ethyl adjacent to an activating group) is 1. The molecule has 19 heavy (non-hydrogen) atoms. The Bertz CT molecular complexity index is 280. The van der Waals surface area contributed by atoms with E-state index in [1.165, 1.54) is 32.1 Å². The van der Waals surface area contributed by atoms with Gasteiger partial charge in [0, 0.05) is 17.6 Å². The third-order valence-corrected chi connectivity index (χ3v) is 6.01. The highest BCUT2D eigenvalue weighted by Crippen LogP contribution is 2.44. The van der Waals surface area contributed by atoms with Crippen molar-refractivity contribution in [1.29, 1.82) is 0 Å². The number of rotatable bonds is 4. The molecule has 0 aromatic rings. The van der Waals surface area contributed by atoms with Crippen molar-refractivity contribution in [2.24, 2.45) is 17.1 Å². The zero-order valence-corrected chi connectivity index (χ0v) is 14.3. The number of hydrogen-bond acceptors (Lipinski definition) is 2. The van der Waals surface area contributed by atoms with Crippen molar-refractivity contribution in [1.82, 2.24) is 4.90 Å². The molecule has 0 atom stereocenters. The topological polar surface area (TPSA) is 29.3 Å². The molecular weight excluding hydrogens is 232 g/mol.